The van der Waals surface area contributed by atoms with E-state index in [1.807, 2.05) is 18.2 Å². The lowest BCUT2D eigenvalue weighted by molar-refractivity contribution is 0.0927. The summed E-state index contributed by atoms with van der Waals surface area (Å²) in [6.07, 6.45) is 5.10. The average molecular weight is 273 g/mol. The highest BCUT2D eigenvalue weighted by Gasteiger charge is 2.23. The zero-order valence-electron chi connectivity index (χ0n) is 12.0. The van der Waals surface area contributed by atoms with Crippen LogP contribution >= 0.6 is 0 Å². The van der Waals surface area contributed by atoms with E-state index < -0.39 is 0 Å². The molecule has 0 spiro atoms. The highest BCUT2D eigenvalue weighted by Crippen LogP contribution is 2.28. The predicted molar refractivity (Wildman–Crippen MR) is 82.3 cm³/mol. The number of hydrogen-bond donors (Lipinski definition) is 3. The van der Waals surface area contributed by atoms with Crippen LogP contribution in [-0.4, -0.2) is 25.0 Å². The summed E-state index contributed by atoms with van der Waals surface area (Å²) >= 11 is 0. The molecular formula is C16H23N3O. The van der Waals surface area contributed by atoms with Crippen LogP contribution in [0.15, 0.2) is 18.2 Å². The minimum absolute atomic E-state index is 0.0413. The SMILES string of the molecule is CC(NC(=O)c1ccc2c(c1)NCCN2)C1CCCC1. The number of anilines is 2. The van der Waals surface area contributed by atoms with Crippen LogP contribution in [0.1, 0.15) is 43.0 Å². The lowest BCUT2D eigenvalue weighted by Crippen LogP contribution is -2.37. The van der Waals surface area contributed by atoms with E-state index >= 15 is 0 Å². The Morgan fingerprint density at radius 1 is 1.20 bits per heavy atom. The minimum Gasteiger partial charge on any atom is -0.382 e. The standard InChI is InChI=1S/C16H23N3O/c1-11(12-4-2-3-5-12)19-16(20)13-6-7-14-15(10-13)18-9-8-17-14/h6-7,10-12,17-18H,2-5,8-9H2,1H3,(H,19,20). The molecule has 0 radical (unpaired) electrons. The second kappa shape index (κ2) is 5.73. The highest BCUT2D eigenvalue weighted by atomic mass is 16.1. The lowest BCUT2D eigenvalue weighted by Gasteiger charge is -2.22. The van der Waals surface area contributed by atoms with Crippen molar-refractivity contribution in [2.24, 2.45) is 5.92 Å². The number of carbonyl (C=O) groups is 1. The first-order valence-electron chi connectivity index (χ1n) is 7.67. The van der Waals surface area contributed by atoms with Gasteiger partial charge in [0.15, 0.2) is 0 Å². The Kier molecular flexibility index (Phi) is 3.81. The number of nitrogens with one attached hydrogen (secondary N) is 3. The molecule has 1 fully saturated rings. The molecule has 1 amide bonds. The molecule has 2 aliphatic rings. The third-order valence-corrected chi connectivity index (χ3v) is 4.50. The summed E-state index contributed by atoms with van der Waals surface area (Å²) in [4.78, 5) is 12.3. The molecule has 1 unspecified atom stereocenters. The quantitative estimate of drug-likeness (QED) is 0.794. The maximum atomic E-state index is 12.3. The van der Waals surface area contributed by atoms with Crippen LogP contribution in [0.3, 0.4) is 0 Å². The van der Waals surface area contributed by atoms with Crippen molar-refractivity contribution in [1.29, 1.82) is 0 Å². The van der Waals surface area contributed by atoms with Crippen LogP contribution in [0.5, 0.6) is 0 Å². The Balaban J connectivity index is 1.67. The van der Waals surface area contributed by atoms with Crippen molar-refractivity contribution in [3.05, 3.63) is 23.8 Å². The fourth-order valence-electron chi connectivity index (χ4n) is 3.25. The predicted octanol–water partition coefficient (Wildman–Crippen LogP) is 2.83. The molecule has 1 aromatic carbocycles. The normalized spacial score (nSPS) is 19.6. The summed E-state index contributed by atoms with van der Waals surface area (Å²) in [5.74, 6) is 0.691. The van der Waals surface area contributed by atoms with Crippen LogP contribution < -0.4 is 16.0 Å². The molecule has 1 atom stereocenters. The average Bonchev–Trinajstić information content (AvgIpc) is 3.01. The molecule has 3 N–H and O–H groups in total. The second-order valence-corrected chi connectivity index (χ2v) is 5.92. The van der Waals surface area contributed by atoms with Gasteiger partial charge >= 0.3 is 0 Å². The smallest absolute Gasteiger partial charge is 0.251 e. The van der Waals surface area contributed by atoms with Gasteiger partial charge < -0.3 is 16.0 Å². The summed E-state index contributed by atoms with van der Waals surface area (Å²) in [5.41, 5.74) is 2.85. The maximum Gasteiger partial charge on any atom is 0.251 e. The lowest BCUT2D eigenvalue weighted by atomic mass is 9.99. The Labute approximate surface area is 120 Å². The van der Waals surface area contributed by atoms with E-state index in [0.29, 0.717) is 5.92 Å². The molecule has 1 saturated carbocycles. The van der Waals surface area contributed by atoms with Gasteiger partial charge in [-0.15, -0.1) is 0 Å². The molecule has 1 aromatic rings. The van der Waals surface area contributed by atoms with E-state index in [1.54, 1.807) is 0 Å². The van der Waals surface area contributed by atoms with Crippen molar-refractivity contribution in [2.45, 2.75) is 38.6 Å². The summed E-state index contributed by atoms with van der Waals surface area (Å²) in [6.45, 7) is 3.96. The van der Waals surface area contributed by atoms with Gasteiger partial charge in [-0.1, -0.05) is 12.8 Å². The van der Waals surface area contributed by atoms with Crippen LogP contribution in [0.4, 0.5) is 11.4 Å². The number of benzene rings is 1. The van der Waals surface area contributed by atoms with Crippen molar-refractivity contribution in [3.8, 4) is 0 Å². The molecule has 4 heteroatoms. The van der Waals surface area contributed by atoms with Crippen LogP contribution in [0.25, 0.3) is 0 Å². The van der Waals surface area contributed by atoms with Crippen LogP contribution in [-0.2, 0) is 0 Å². The molecule has 3 rings (SSSR count). The molecule has 1 heterocycles. The Hall–Kier alpha value is -1.71. The molecule has 108 valence electrons. The van der Waals surface area contributed by atoms with Gasteiger partial charge in [-0.25, -0.2) is 0 Å². The Morgan fingerprint density at radius 2 is 1.90 bits per heavy atom. The monoisotopic (exact) mass is 273 g/mol. The van der Waals surface area contributed by atoms with E-state index in [4.69, 9.17) is 0 Å². The zero-order chi connectivity index (χ0) is 13.9. The van der Waals surface area contributed by atoms with Crippen molar-refractivity contribution in [2.75, 3.05) is 23.7 Å². The van der Waals surface area contributed by atoms with Gasteiger partial charge in [0.1, 0.15) is 0 Å². The highest BCUT2D eigenvalue weighted by molar-refractivity contribution is 5.96. The van der Waals surface area contributed by atoms with E-state index in [0.717, 1.165) is 30.0 Å². The molecule has 1 aliphatic carbocycles. The Morgan fingerprint density at radius 3 is 2.65 bits per heavy atom. The molecule has 0 saturated heterocycles. The van der Waals surface area contributed by atoms with Crippen molar-refractivity contribution in [1.82, 2.24) is 5.32 Å². The van der Waals surface area contributed by atoms with E-state index in [-0.39, 0.29) is 11.9 Å². The van der Waals surface area contributed by atoms with Crippen molar-refractivity contribution < 1.29 is 4.79 Å². The molecule has 1 aliphatic heterocycles. The zero-order valence-corrected chi connectivity index (χ0v) is 12.0. The van der Waals surface area contributed by atoms with Gasteiger partial charge in [-0.2, -0.15) is 0 Å². The number of rotatable bonds is 3. The third-order valence-electron chi connectivity index (χ3n) is 4.50. The fraction of sp³-hybridized carbons (Fsp3) is 0.562. The summed E-state index contributed by atoms with van der Waals surface area (Å²) in [5, 5.41) is 9.80. The number of fused-ring (bicyclic) bond motifs is 1. The Bertz CT molecular complexity index is 494. The summed E-state index contributed by atoms with van der Waals surface area (Å²) < 4.78 is 0. The van der Waals surface area contributed by atoms with Gasteiger partial charge in [0.2, 0.25) is 0 Å². The third kappa shape index (κ3) is 2.74. The van der Waals surface area contributed by atoms with Gasteiger partial charge in [-0.05, 0) is 43.9 Å². The van der Waals surface area contributed by atoms with E-state index in [1.165, 1.54) is 25.7 Å². The molecular weight excluding hydrogens is 250 g/mol. The van der Waals surface area contributed by atoms with Crippen LogP contribution in [0, 0.1) is 5.92 Å². The van der Waals surface area contributed by atoms with Gasteiger partial charge in [0.05, 0.1) is 11.4 Å². The summed E-state index contributed by atoms with van der Waals surface area (Å²) in [7, 11) is 0. The van der Waals surface area contributed by atoms with E-state index in [9.17, 15) is 4.79 Å². The second-order valence-electron chi connectivity index (χ2n) is 5.92. The molecule has 0 bridgehead atoms. The minimum atomic E-state index is 0.0413. The summed E-state index contributed by atoms with van der Waals surface area (Å²) in [6, 6.07) is 6.09. The number of carbonyl (C=O) groups excluding carboxylic acids is 1. The first kappa shape index (κ1) is 13.3. The van der Waals surface area contributed by atoms with Crippen molar-refractivity contribution in [3.63, 3.8) is 0 Å². The molecule has 4 nitrogen and oxygen atoms in total. The number of amides is 1. The van der Waals surface area contributed by atoms with E-state index in [2.05, 4.69) is 22.9 Å². The molecule has 20 heavy (non-hydrogen) atoms. The first-order chi connectivity index (χ1) is 9.74. The first-order valence-corrected chi connectivity index (χ1v) is 7.67. The van der Waals surface area contributed by atoms with Gasteiger partial charge in [-0.3, -0.25) is 4.79 Å². The largest absolute Gasteiger partial charge is 0.382 e. The molecule has 0 aromatic heterocycles. The fourth-order valence-corrected chi connectivity index (χ4v) is 3.25. The number of hydrogen-bond acceptors (Lipinski definition) is 3. The topological polar surface area (TPSA) is 53.2 Å². The van der Waals surface area contributed by atoms with Crippen molar-refractivity contribution >= 4 is 17.3 Å². The van der Waals surface area contributed by atoms with Gasteiger partial charge in [0, 0.05) is 24.7 Å². The van der Waals surface area contributed by atoms with Crippen LogP contribution in [0.2, 0.25) is 0 Å². The van der Waals surface area contributed by atoms with Gasteiger partial charge in [0.25, 0.3) is 5.91 Å². The maximum absolute atomic E-state index is 12.3.